The molecule has 0 fully saturated rings. The maximum absolute atomic E-state index is 5.50. The molecule has 1 atom stereocenters. The van der Waals surface area contributed by atoms with E-state index >= 15 is 0 Å². The zero-order valence-electron chi connectivity index (χ0n) is 8.31. The first-order valence-corrected chi connectivity index (χ1v) is 6.07. The third-order valence-electron chi connectivity index (χ3n) is 1.81. The zero-order valence-corrected chi connectivity index (χ0v) is 9.90. The van der Waals surface area contributed by atoms with Crippen LogP contribution < -0.4 is 0 Å². The summed E-state index contributed by atoms with van der Waals surface area (Å²) in [6.45, 7) is 6.27. The summed E-state index contributed by atoms with van der Waals surface area (Å²) in [5.74, 6) is 0.649. The molecule has 0 bridgehead atoms. The third kappa shape index (κ3) is 8.54. The molecule has 0 spiro atoms. The molecule has 0 aromatic carbocycles. The van der Waals surface area contributed by atoms with Gasteiger partial charge in [0.2, 0.25) is 0 Å². The minimum Gasteiger partial charge on any atom is -0.381 e. The summed E-state index contributed by atoms with van der Waals surface area (Å²) in [6.07, 6.45) is 5.19. The van der Waals surface area contributed by atoms with Gasteiger partial charge in [-0.15, -0.1) is 0 Å². The van der Waals surface area contributed by atoms with Crippen LogP contribution in [0.25, 0.3) is 0 Å². The standard InChI is InChI=1S/C10H21BrO/c1-3-4-5-6-7-12-9-10(2)8-11/h10H,3-9H2,1-2H3. The summed E-state index contributed by atoms with van der Waals surface area (Å²) in [5.41, 5.74) is 0. The highest BCUT2D eigenvalue weighted by Gasteiger charge is 1.98. The van der Waals surface area contributed by atoms with E-state index < -0.39 is 0 Å². The summed E-state index contributed by atoms with van der Waals surface area (Å²) in [7, 11) is 0. The second-order valence-electron chi connectivity index (χ2n) is 3.40. The molecular formula is C10H21BrO. The zero-order chi connectivity index (χ0) is 9.23. The third-order valence-corrected chi connectivity index (χ3v) is 2.91. The molecule has 74 valence electrons. The van der Waals surface area contributed by atoms with E-state index in [1.165, 1.54) is 25.7 Å². The Bertz CT molecular complexity index is 85.9. The van der Waals surface area contributed by atoms with Gasteiger partial charge in [0.15, 0.2) is 0 Å². The van der Waals surface area contributed by atoms with E-state index in [0.717, 1.165) is 18.5 Å². The van der Waals surface area contributed by atoms with Crippen molar-refractivity contribution in [3.8, 4) is 0 Å². The summed E-state index contributed by atoms with van der Waals surface area (Å²) in [6, 6.07) is 0. The van der Waals surface area contributed by atoms with Crippen LogP contribution in [0.1, 0.15) is 39.5 Å². The van der Waals surface area contributed by atoms with E-state index in [-0.39, 0.29) is 0 Å². The molecule has 0 saturated carbocycles. The Morgan fingerprint density at radius 1 is 1.25 bits per heavy atom. The average molecular weight is 237 g/mol. The SMILES string of the molecule is CCCCCCOCC(C)CBr. The lowest BCUT2D eigenvalue weighted by Gasteiger charge is -2.07. The molecule has 1 nitrogen and oxygen atoms in total. The minimum absolute atomic E-state index is 0.649. The average Bonchev–Trinajstić information content (AvgIpc) is 2.10. The van der Waals surface area contributed by atoms with Crippen LogP contribution in [0.4, 0.5) is 0 Å². The van der Waals surface area contributed by atoms with Gasteiger partial charge in [0, 0.05) is 18.5 Å². The molecule has 2 heteroatoms. The monoisotopic (exact) mass is 236 g/mol. The van der Waals surface area contributed by atoms with Crippen molar-refractivity contribution in [2.24, 2.45) is 5.92 Å². The van der Waals surface area contributed by atoms with E-state index in [0.29, 0.717) is 5.92 Å². The molecule has 0 heterocycles. The van der Waals surface area contributed by atoms with Crippen molar-refractivity contribution < 1.29 is 4.74 Å². The van der Waals surface area contributed by atoms with Crippen LogP contribution in [0.15, 0.2) is 0 Å². The molecule has 0 rings (SSSR count). The van der Waals surface area contributed by atoms with Gasteiger partial charge in [0.05, 0.1) is 0 Å². The van der Waals surface area contributed by atoms with Gasteiger partial charge < -0.3 is 4.74 Å². The molecule has 0 saturated heterocycles. The molecule has 1 unspecified atom stereocenters. The van der Waals surface area contributed by atoms with E-state index in [9.17, 15) is 0 Å². The Hall–Kier alpha value is 0.440. The molecule has 0 aliphatic carbocycles. The lowest BCUT2D eigenvalue weighted by atomic mass is 10.2. The van der Waals surface area contributed by atoms with Crippen LogP contribution >= 0.6 is 15.9 Å². The van der Waals surface area contributed by atoms with Crippen LogP contribution in [0, 0.1) is 5.92 Å². The second-order valence-corrected chi connectivity index (χ2v) is 4.04. The predicted octanol–water partition coefficient (Wildman–Crippen LogP) is 3.61. The molecule has 12 heavy (non-hydrogen) atoms. The van der Waals surface area contributed by atoms with Gasteiger partial charge in [-0.25, -0.2) is 0 Å². The molecule has 0 aromatic rings. The van der Waals surface area contributed by atoms with E-state index in [1.807, 2.05) is 0 Å². The van der Waals surface area contributed by atoms with E-state index in [4.69, 9.17) is 4.74 Å². The molecule has 0 radical (unpaired) electrons. The summed E-state index contributed by atoms with van der Waals surface area (Å²) in [5, 5.41) is 1.04. The predicted molar refractivity (Wildman–Crippen MR) is 57.9 cm³/mol. The van der Waals surface area contributed by atoms with Crippen LogP contribution in [-0.4, -0.2) is 18.5 Å². The van der Waals surface area contributed by atoms with Crippen molar-refractivity contribution in [2.75, 3.05) is 18.5 Å². The van der Waals surface area contributed by atoms with E-state index in [1.54, 1.807) is 0 Å². The fraction of sp³-hybridized carbons (Fsp3) is 1.00. The number of alkyl halides is 1. The fourth-order valence-electron chi connectivity index (χ4n) is 0.960. The van der Waals surface area contributed by atoms with Crippen molar-refractivity contribution in [1.82, 2.24) is 0 Å². The van der Waals surface area contributed by atoms with Crippen molar-refractivity contribution in [2.45, 2.75) is 39.5 Å². The second kappa shape index (κ2) is 9.53. The summed E-state index contributed by atoms with van der Waals surface area (Å²) < 4.78 is 5.50. The Morgan fingerprint density at radius 3 is 2.58 bits per heavy atom. The summed E-state index contributed by atoms with van der Waals surface area (Å²) >= 11 is 3.43. The van der Waals surface area contributed by atoms with Gasteiger partial charge in [-0.05, 0) is 12.3 Å². The first-order chi connectivity index (χ1) is 5.81. The number of hydrogen-bond donors (Lipinski definition) is 0. The smallest absolute Gasteiger partial charge is 0.0499 e. The Kier molecular flexibility index (Phi) is 9.88. The lowest BCUT2D eigenvalue weighted by Crippen LogP contribution is -2.07. The molecular weight excluding hydrogens is 216 g/mol. The van der Waals surface area contributed by atoms with Gasteiger partial charge in [-0.2, -0.15) is 0 Å². The van der Waals surface area contributed by atoms with Crippen molar-refractivity contribution >= 4 is 15.9 Å². The largest absolute Gasteiger partial charge is 0.381 e. The number of rotatable bonds is 8. The fourth-order valence-corrected chi connectivity index (χ4v) is 1.15. The van der Waals surface area contributed by atoms with Gasteiger partial charge in [-0.3, -0.25) is 0 Å². The highest BCUT2D eigenvalue weighted by molar-refractivity contribution is 9.09. The lowest BCUT2D eigenvalue weighted by molar-refractivity contribution is 0.108. The van der Waals surface area contributed by atoms with E-state index in [2.05, 4.69) is 29.8 Å². The maximum atomic E-state index is 5.50. The van der Waals surface area contributed by atoms with Crippen molar-refractivity contribution in [1.29, 1.82) is 0 Å². The normalized spacial score (nSPS) is 13.2. The van der Waals surface area contributed by atoms with Gasteiger partial charge in [-0.1, -0.05) is 49.0 Å². The molecule has 0 aliphatic rings. The van der Waals surface area contributed by atoms with Crippen molar-refractivity contribution in [3.05, 3.63) is 0 Å². The van der Waals surface area contributed by atoms with Crippen molar-refractivity contribution in [3.63, 3.8) is 0 Å². The Labute approximate surface area is 85.0 Å². The first-order valence-electron chi connectivity index (χ1n) is 4.95. The van der Waals surface area contributed by atoms with Gasteiger partial charge in [0.25, 0.3) is 0 Å². The minimum atomic E-state index is 0.649. The van der Waals surface area contributed by atoms with Gasteiger partial charge >= 0.3 is 0 Å². The van der Waals surface area contributed by atoms with Crippen LogP contribution in [0.2, 0.25) is 0 Å². The first kappa shape index (κ1) is 12.4. The number of hydrogen-bond acceptors (Lipinski definition) is 1. The number of halogens is 1. The molecule has 0 aliphatic heterocycles. The van der Waals surface area contributed by atoms with Crippen LogP contribution in [-0.2, 0) is 4.74 Å². The van der Waals surface area contributed by atoms with Gasteiger partial charge in [0.1, 0.15) is 0 Å². The van der Waals surface area contributed by atoms with Crippen LogP contribution in [0.5, 0.6) is 0 Å². The molecule has 0 N–H and O–H groups in total. The van der Waals surface area contributed by atoms with Crippen LogP contribution in [0.3, 0.4) is 0 Å². The summed E-state index contributed by atoms with van der Waals surface area (Å²) in [4.78, 5) is 0. The maximum Gasteiger partial charge on any atom is 0.0499 e. The highest BCUT2D eigenvalue weighted by atomic mass is 79.9. The molecule has 0 amide bonds. The topological polar surface area (TPSA) is 9.23 Å². The Balaban J connectivity index is 2.90. The Morgan fingerprint density at radius 2 is 2.00 bits per heavy atom. The highest BCUT2D eigenvalue weighted by Crippen LogP contribution is 2.02. The number of ether oxygens (including phenoxy) is 1. The molecule has 0 aromatic heterocycles. The quantitative estimate of drug-likeness (QED) is 0.463. The number of unbranched alkanes of at least 4 members (excludes halogenated alkanes) is 3.